The highest BCUT2D eigenvalue weighted by atomic mass is 35.5. The molecular formula is C15H22ClN3O. The van der Waals surface area contributed by atoms with E-state index in [9.17, 15) is 4.79 Å². The summed E-state index contributed by atoms with van der Waals surface area (Å²) in [5, 5.41) is 6.86. The van der Waals surface area contributed by atoms with Crippen LogP contribution in [-0.4, -0.2) is 43.0 Å². The van der Waals surface area contributed by atoms with E-state index in [1.54, 1.807) is 0 Å². The van der Waals surface area contributed by atoms with Gasteiger partial charge < -0.3 is 10.6 Å². The fourth-order valence-corrected chi connectivity index (χ4v) is 2.92. The lowest BCUT2D eigenvalue weighted by Gasteiger charge is -2.33. The number of carbonyl (C=O) groups is 1. The molecule has 5 heteroatoms. The Balaban J connectivity index is 2.01. The monoisotopic (exact) mass is 295 g/mol. The van der Waals surface area contributed by atoms with Crippen molar-refractivity contribution in [3.8, 4) is 0 Å². The SMILES string of the molecule is Cc1cc(C)c(NC(=O)CN2CCNCC2C)c(Cl)c1. The third kappa shape index (κ3) is 3.72. The quantitative estimate of drug-likeness (QED) is 0.898. The minimum absolute atomic E-state index is 0.00685. The van der Waals surface area contributed by atoms with E-state index in [-0.39, 0.29) is 5.91 Å². The first-order valence-electron chi connectivity index (χ1n) is 6.98. The van der Waals surface area contributed by atoms with Gasteiger partial charge in [0.15, 0.2) is 0 Å². The van der Waals surface area contributed by atoms with Crippen molar-refractivity contribution in [2.45, 2.75) is 26.8 Å². The van der Waals surface area contributed by atoms with Gasteiger partial charge in [-0.3, -0.25) is 9.69 Å². The van der Waals surface area contributed by atoms with Gasteiger partial charge in [0.2, 0.25) is 5.91 Å². The molecule has 20 heavy (non-hydrogen) atoms. The van der Waals surface area contributed by atoms with Crippen molar-refractivity contribution in [1.82, 2.24) is 10.2 Å². The molecule has 1 amide bonds. The Morgan fingerprint density at radius 2 is 2.25 bits per heavy atom. The van der Waals surface area contributed by atoms with E-state index in [1.807, 2.05) is 26.0 Å². The number of piperazine rings is 1. The third-order valence-electron chi connectivity index (χ3n) is 3.68. The van der Waals surface area contributed by atoms with Crippen LogP contribution in [0.5, 0.6) is 0 Å². The summed E-state index contributed by atoms with van der Waals surface area (Å²) in [7, 11) is 0. The van der Waals surface area contributed by atoms with Crippen LogP contribution in [0.25, 0.3) is 0 Å². The number of anilines is 1. The molecular weight excluding hydrogens is 274 g/mol. The lowest BCUT2D eigenvalue weighted by molar-refractivity contribution is -0.118. The first kappa shape index (κ1) is 15.3. The summed E-state index contributed by atoms with van der Waals surface area (Å²) < 4.78 is 0. The van der Waals surface area contributed by atoms with Crippen LogP contribution in [0.4, 0.5) is 5.69 Å². The molecule has 0 aromatic heterocycles. The van der Waals surface area contributed by atoms with E-state index in [2.05, 4.69) is 22.5 Å². The highest BCUT2D eigenvalue weighted by Crippen LogP contribution is 2.27. The molecule has 1 aliphatic rings. The summed E-state index contributed by atoms with van der Waals surface area (Å²) in [6.45, 7) is 9.25. The van der Waals surface area contributed by atoms with Crippen LogP contribution in [0.1, 0.15) is 18.1 Å². The predicted molar refractivity (Wildman–Crippen MR) is 83.5 cm³/mol. The average Bonchev–Trinajstić information content (AvgIpc) is 2.36. The maximum absolute atomic E-state index is 12.2. The van der Waals surface area contributed by atoms with Gasteiger partial charge in [-0.25, -0.2) is 0 Å². The fraction of sp³-hybridized carbons (Fsp3) is 0.533. The van der Waals surface area contributed by atoms with Crippen LogP contribution in [0.2, 0.25) is 5.02 Å². The van der Waals surface area contributed by atoms with E-state index in [4.69, 9.17) is 11.6 Å². The normalized spacial score (nSPS) is 19.9. The van der Waals surface area contributed by atoms with Crippen molar-refractivity contribution in [2.24, 2.45) is 0 Å². The van der Waals surface area contributed by atoms with Crippen LogP contribution in [-0.2, 0) is 4.79 Å². The first-order valence-corrected chi connectivity index (χ1v) is 7.36. The maximum Gasteiger partial charge on any atom is 0.238 e. The van der Waals surface area contributed by atoms with Crippen molar-refractivity contribution in [3.05, 3.63) is 28.3 Å². The predicted octanol–water partition coefficient (Wildman–Crippen LogP) is 2.19. The van der Waals surface area contributed by atoms with Crippen LogP contribution < -0.4 is 10.6 Å². The van der Waals surface area contributed by atoms with Gasteiger partial charge in [0.05, 0.1) is 17.3 Å². The Hall–Kier alpha value is -1.10. The molecule has 4 nitrogen and oxygen atoms in total. The van der Waals surface area contributed by atoms with Crippen LogP contribution in [0.3, 0.4) is 0 Å². The number of carbonyl (C=O) groups excluding carboxylic acids is 1. The molecule has 0 radical (unpaired) electrons. The van der Waals surface area contributed by atoms with Gasteiger partial charge in [0.1, 0.15) is 0 Å². The number of amides is 1. The second-order valence-electron chi connectivity index (χ2n) is 5.51. The number of hydrogen-bond acceptors (Lipinski definition) is 3. The molecule has 110 valence electrons. The molecule has 1 unspecified atom stereocenters. The van der Waals surface area contributed by atoms with Gasteiger partial charge >= 0.3 is 0 Å². The molecule has 2 N–H and O–H groups in total. The average molecular weight is 296 g/mol. The van der Waals surface area contributed by atoms with Gasteiger partial charge in [-0.1, -0.05) is 17.7 Å². The van der Waals surface area contributed by atoms with Crippen molar-refractivity contribution in [1.29, 1.82) is 0 Å². The second kappa shape index (κ2) is 6.57. The van der Waals surface area contributed by atoms with E-state index < -0.39 is 0 Å². The molecule has 1 aliphatic heterocycles. The molecule has 0 saturated carbocycles. The largest absolute Gasteiger partial charge is 0.323 e. The zero-order chi connectivity index (χ0) is 14.7. The van der Waals surface area contributed by atoms with Gasteiger partial charge in [-0.2, -0.15) is 0 Å². The van der Waals surface area contributed by atoms with Crippen molar-refractivity contribution >= 4 is 23.2 Å². The number of benzene rings is 1. The molecule has 1 fully saturated rings. The highest BCUT2D eigenvalue weighted by Gasteiger charge is 2.20. The maximum atomic E-state index is 12.2. The summed E-state index contributed by atoms with van der Waals surface area (Å²) in [6.07, 6.45) is 0. The van der Waals surface area contributed by atoms with E-state index in [1.165, 1.54) is 0 Å². The molecule has 0 bridgehead atoms. The van der Waals surface area contributed by atoms with Crippen LogP contribution in [0.15, 0.2) is 12.1 Å². The van der Waals surface area contributed by atoms with Crippen LogP contribution in [0, 0.1) is 13.8 Å². The molecule has 1 atom stereocenters. The number of rotatable bonds is 3. The zero-order valence-electron chi connectivity index (χ0n) is 12.3. The summed E-state index contributed by atoms with van der Waals surface area (Å²) in [4.78, 5) is 14.4. The second-order valence-corrected chi connectivity index (χ2v) is 5.92. The topological polar surface area (TPSA) is 44.4 Å². The van der Waals surface area contributed by atoms with E-state index in [0.29, 0.717) is 17.6 Å². The van der Waals surface area contributed by atoms with Crippen molar-refractivity contribution < 1.29 is 4.79 Å². The molecule has 1 aromatic carbocycles. The Morgan fingerprint density at radius 3 is 2.90 bits per heavy atom. The third-order valence-corrected chi connectivity index (χ3v) is 3.98. The lowest BCUT2D eigenvalue weighted by atomic mass is 10.1. The van der Waals surface area contributed by atoms with Gasteiger partial charge in [0.25, 0.3) is 0 Å². The fourth-order valence-electron chi connectivity index (χ4n) is 2.56. The summed E-state index contributed by atoms with van der Waals surface area (Å²) >= 11 is 6.21. The van der Waals surface area contributed by atoms with Gasteiger partial charge in [-0.15, -0.1) is 0 Å². The standard InChI is InChI=1S/C15H22ClN3O/c1-10-6-11(2)15(13(16)7-10)18-14(20)9-19-5-4-17-8-12(19)3/h6-7,12,17H,4-5,8-9H2,1-3H3,(H,18,20). The Bertz CT molecular complexity index is 481. The number of aryl methyl sites for hydroxylation is 2. The van der Waals surface area contributed by atoms with E-state index in [0.717, 1.165) is 36.4 Å². The van der Waals surface area contributed by atoms with Crippen LogP contribution >= 0.6 is 11.6 Å². The molecule has 0 aliphatic carbocycles. The Labute approximate surface area is 125 Å². The number of nitrogens with zero attached hydrogens (tertiary/aromatic N) is 1. The number of nitrogens with one attached hydrogen (secondary N) is 2. The molecule has 1 saturated heterocycles. The molecule has 1 heterocycles. The van der Waals surface area contributed by atoms with Gasteiger partial charge in [0, 0.05) is 25.7 Å². The summed E-state index contributed by atoms with van der Waals surface area (Å²) in [5.74, 6) is -0.00685. The number of hydrogen-bond donors (Lipinski definition) is 2. The molecule has 2 rings (SSSR count). The molecule has 1 aromatic rings. The summed E-state index contributed by atoms with van der Waals surface area (Å²) in [5.41, 5.74) is 2.82. The molecule has 0 spiro atoms. The zero-order valence-corrected chi connectivity index (χ0v) is 13.0. The Morgan fingerprint density at radius 1 is 1.50 bits per heavy atom. The Kier molecular flexibility index (Phi) is 5.02. The van der Waals surface area contributed by atoms with Gasteiger partial charge in [-0.05, 0) is 38.0 Å². The van der Waals surface area contributed by atoms with Crippen molar-refractivity contribution in [3.63, 3.8) is 0 Å². The minimum atomic E-state index is -0.00685. The smallest absolute Gasteiger partial charge is 0.238 e. The lowest BCUT2D eigenvalue weighted by Crippen LogP contribution is -2.52. The summed E-state index contributed by atoms with van der Waals surface area (Å²) in [6, 6.07) is 4.27. The number of halogens is 1. The minimum Gasteiger partial charge on any atom is -0.323 e. The van der Waals surface area contributed by atoms with E-state index >= 15 is 0 Å². The van der Waals surface area contributed by atoms with Crippen molar-refractivity contribution in [2.75, 3.05) is 31.5 Å². The highest BCUT2D eigenvalue weighted by molar-refractivity contribution is 6.34. The first-order chi connectivity index (χ1) is 9.47.